The molecule has 0 atom stereocenters. The van der Waals surface area contributed by atoms with Crippen LogP contribution in [0.15, 0.2) is 36.4 Å². The van der Waals surface area contributed by atoms with Gasteiger partial charge < -0.3 is 0 Å². The van der Waals surface area contributed by atoms with Crippen molar-refractivity contribution in [3.8, 4) is 5.69 Å². The Kier molecular flexibility index (Phi) is 5.13. The molecule has 0 amide bonds. The van der Waals surface area contributed by atoms with Crippen molar-refractivity contribution in [2.45, 2.75) is 13.2 Å². The van der Waals surface area contributed by atoms with Gasteiger partial charge in [0.25, 0.3) is 0 Å². The van der Waals surface area contributed by atoms with Crippen LogP contribution in [0, 0.1) is 4.77 Å². The maximum atomic E-state index is 6.01. The Morgan fingerprint density at radius 3 is 2.74 bits per heavy atom. The lowest BCUT2D eigenvalue weighted by molar-refractivity contribution is 0.244. The molecule has 0 aliphatic heterocycles. The van der Waals surface area contributed by atoms with Crippen molar-refractivity contribution >= 4 is 46.8 Å². The minimum Gasteiger partial charge on any atom is -0.282 e. The van der Waals surface area contributed by atoms with Gasteiger partial charge in [0.05, 0.1) is 16.7 Å². The predicted molar refractivity (Wildman–Crippen MR) is 96.0 cm³/mol. The molecule has 0 aliphatic carbocycles. The molecule has 0 unspecified atom stereocenters. The fraction of sp³-hybridized carbons (Fsp3) is 0.214. The lowest BCUT2D eigenvalue weighted by atomic mass is 10.3. The Morgan fingerprint density at radius 1 is 1.22 bits per heavy atom. The second-order valence-electron chi connectivity index (χ2n) is 5.01. The predicted octanol–water partition coefficient (Wildman–Crippen LogP) is 4.26. The summed E-state index contributed by atoms with van der Waals surface area (Å²) >= 11 is 19.0. The standard InChI is InChI=1S/C14H13Cl2N5S2/c1-19(8-12-5-6-13(16)23-12)9-20-14(22)21(18-17-20)11-4-2-3-10(15)7-11/h2-7H,8-9H2,1H3. The number of tetrazole rings is 1. The molecule has 120 valence electrons. The van der Waals surface area contributed by atoms with E-state index in [1.54, 1.807) is 32.8 Å². The molecule has 5 nitrogen and oxygen atoms in total. The number of halogens is 2. The minimum absolute atomic E-state index is 0.517. The molecule has 2 heterocycles. The van der Waals surface area contributed by atoms with Gasteiger partial charge in [0, 0.05) is 16.4 Å². The molecule has 0 bridgehead atoms. The van der Waals surface area contributed by atoms with E-state index in [9.17, 15) is 0 Å². The van der Waals surface area contributed by atoms with E-state index in [1.807, 2.05) is 31.3 Å². The third-order valence-corrected chi connectivity index (χ3v) is 4.96. The van der Waals surface area contributed by atoms with Crippen LogP contribution in [-0.2, 0) is 13.2 Å². The van der Waals surface area contributed by atoms with Crippen LogP contribution in [0.4, 0.5) is 0 Å². The average molecular weight is 386 g/mol. The first-order valence-corrected chi connectivity index (χ1v) is 8.72. The quantitative estimate of drug-likeness (QED) is 0.615. The Balaban J connectivity index is 1.75. The first kappa shape index (κ1) is 16.6. The van der Waals surface area contributed by atoms with Crippen LogP contribution < -0.4 is 0 Å². The number of nitrogens with zero attached hydrogens (tertiary/aromatic N) is 5. The fourth-order valence-electron chi connectivity index (χ4n) is 2.11. The van der Waals surface area contributed by atoms with E-state index < -0.39 is 0 Å². The summed E-state index contributed by atoms with van der Waals surface area (Å²) in [5.74, 6) is 0. The third-order valence-electron chi connectivity index (χ3n) is 3.12. The highest BCUT2D eigenvalue weighted by Gasteiger charge is 2.09. The van der Waals surface area contributed by atoms with Gasteiger partial charge in [0.15, 0.2) is 0 Å². The van der Waals surface area contributed by atoms with Gasteiger partial charge >= 0.3 is 0 Å². The normalized spacial score (nSPS) is 11.3. The van der Waals surface area contributed by atoms with Gasteiger partial charge in [-0.3, -0.25) is 4.90 Å². The molecular weight excluding hydrogens is 373 g/mol. The molecule has 0 saturated carbocycles. The van der Waals surface area contributed by atoms with Crippen molar-refractivity contribution in [3.05, 3.63) is 55.4 Å². The average Bonchev–Trinajstić information content (AvgIpc) is 3.06. The summed E-state index contributed by atoms with van der Waals surface area (Å²) in [5.41, 5.74) is 0.793. The summed E-state index contributed by atoms with van der Waals surface area (Å²) in [6.45, 7) is 1.30. The van der Waals surface area contributed by atoms with E-state index in [-0.39, 0.29) is 0 Å². The Hall–Kier alpha value is -1.25. The van der Waals surface area contributed by atoms with Crippen molar-refractivity contribution in [1.82, 2.24) is 24.7 Å². The van der Waals surface area contributed by atoms with E-state index in [0.717, 1.165) is 16.6 Å². The molecule has 0 aliphatic rings. The van der Waals surface area contributed by atoms with E-state index in [4.69, 9.17) is 35.4 Å². The molecule has 23 heavy (non-hydrogen) atoms. The van der Waals surface area contributed by atoms with Gasteiger partial charge in [-0.05, 0) is 60.0 Å². The lowest BCUT2D eigenvalue weighted by Crippen LogP contribution is -2.22. The van der Waals surface area contributed by atoms with Crippen molar-refractivity contribution in [3.63, 3.8) is 0 Å². The molecule has 9 heteroatoms. The van der Waals surface area contributed by atoms with E-state index in [1.165, 1.54) is 4.88 Å². The summed E-state index contributed by atoms with van der Waals surface area (Å²) < 4.78 is 4.57. The third kappa shape index (κ3) is 3.99. The largest absolute Gasteiger partial charge is 0.282 e. The van der Waals surface area contributed by atoms with Gasteiger partial charge in [-0.2, -0.15) is 4.68 Å². The maximum absolute atomic E-state index is 6.01. The van der Waals surface area contributed by atoms with Crippen LogP contribution in [0.2, 0.25) is 9.36 Å². The summed E-state index contributed by atoms with van der Waals surface area (Å²) in [7, 11) is 1.99. The summed E-state index contributed by atoms with van der Waals surface area (Å²) in [4.78, 5) is 3.28. The number of hydrogen-bond acceptors (Lipinski definition) is 5. The zero-order valence-corrected chi connectivity index (χ0v) is 15.3. The smallest absolute Gasteiger partial charge is 0.221 e. The second-order valence-corrected chi connectivity index (χ2v) is 7.62. The molecule has 0 spiro atoms. The van der Waals surface area contributed by atoms with Gasteiger partial charge in [-0.1, -0.05) is 29.3 Å². The van der Waals surface area contributed by atoms with Crippen molar-refractivity contribution < 1.29 is 0 Å². The number of hydrogen-bond donors (Lipinski definition) is 0. The number of thiophene rings is 1. The topological polar surface area (TPSA) is 38.9 Å². The summed E-state index contributed by atoms with van der Waals surface area (Å²) in [5, 5.41) is 8.87. The van der Waals surface area contributed by atoms with E-state index in [0.29, 0.717) is 16.5 Å². The highest BCUT2D eigenvalue weighted by atomic mass is 35.5. The van der Waals surface area contributed by atoms with Crippen molar-refractivity contribution in [1.29, 1.82) is 0 Å². The Bertz CT molecular complexity index is 870. The SMILES string of the molecule is CN(Cc1ccc(Cl)s1)Cn1nnn(-c2cccc(Cl)c2)c1=S. The molecule has 0 fully saturated rings. The molecule has 0 saturated heterocycles. The van der Waals surface area contributed by atoms with Gasteiger partial charge in [-0.25, -0.2) is 4.68 Å². The fourth-order valence-corrected chi connectivity index (χ4v) is 3.70. The van der Waals surface area contributed by atoms with E-state index in [2.05, 4.69) is 15.3 Å². The van der Waals surface area contributed by atoms with Crippen LogP contribution in [0.3, 0.4) is 0 Å². The van der Waals surface area contributed by atoms with Crippen LogP contribution in [0.1, 0.15) is 4.88 Å². The molecule has 0 radical (unpaired) electrons. The zero-order chi connectivity index (χ0) is 16.4. The molecule has 1 aromatic carbocycles. The van der Waals surface area contributed by atoms with Crippen LogP contribution in [-0.4, -0.2) is 31.7 Å². The molecule has 0 N–H and O–H groups in total. The molecular formula is C14H13Cl2N5S2. The molecule has 2 aromatic heterocycles. The lowest BCUT2D eigenvalue weighted by Gasteiger charge is -2.14. The second kappa shape index (κ2) is 7.11. The van der Waals surface area contributed by atoms with Gasteiger partial charge in [0.2, 0.25) is 4.77 Å². The Morgan fingerprint density at radius 2 is 2.04 bits per heavy atom. The molecule has 3 rings (SSSR count). The first-order chi connectivity index (χ1) is 11.0. The van der Waals surface area contributed by atoms with Crippen LogP contribution >= 0.6 is 46.8 Å². The summed E-state index contributed by atoms with van der Waals surface area (Å²) in [6.07, 6.45) is 0. The monoisotopic (exact) mass is 385 g/mol. The number of rotatable bonds is 5. The minimum atomic E-state index is 0.517. The van der Waals surface area contributed by atoms with Gasteiger partial charge in [0.1, 0.15) is 0 Å². The zero-order valence-electron chi connectivity index (χ0n) is 12.2. The summed E-state index contributed by atoms with van der Waals surface area (Å²) in [6, 6.07) is 11.3. The van der Waals surface area contributed by atoms with Crippen LogP contribution in [0.25, 0.3) is 5.69 Å². The highest BCUT2D eigenvalue weighted by Crippen LogP contribution is 2.22. The number of benzene rings is 1. The Labute approximate surface area is 152 Å². The highest BCUT2D eigenvalue weighted by molar-refractivity contribution is 7.71. The maximum Gasteiger partial charge on any atom is 0.221 e. The van der Waals surface area contributed by atoms with Crippen molar-refractivity contribution in [2.24, 2.45) is 0 Å². The molecule has 3 aromatic rings. The first-order valence-electron chi connectivity index (χ1n) is 6.74. The van der Waals surface area contributed by atoms with Crippen LogP contribution in [0.5, 0.6) is 0 Å². The van der Waals surface area contributed by atoms with Crippen molar-refractivity contribution in [2.75, 3.05) is 7.05 Å². The van der Waals surface area contributed by atoms with Gasteiger partial charge in [-0.15, -0.1) is 11.3 Å². The van der Waals surface area contributed by atoms with E-state index >= 15 is 0 Å². The number of aromatic nitrogens is 4.